The number of aromatic nitrogens is 2. The number of para-hydroxylation sites is 2. The lowest BCUT2D eigenvalue weighted by Gasteiger charge is -2.17. The fourth-order valence-corrected chi connectivity index (χ4v) is 2.51. The fraction of sp³-hybridized carbons (Fsp3) is 0.333. The molecule has 0 aliphatic rings. The first-order chi connectivity index (χ1) is 12.7. The number of ether oxygens (including phenoxy) is 1. The second kappa shape index (κ2) is 8.35. The van der Waals surface area contributed by atoms with Crippen LogP contribution >= 0.6 is 0 Å². The van der Waals surface area contributed by atoms with Gasteiger partial charge in [0.2, 0.25) is 0 Å². The highest BCUT2D eigenvalue weighted by molar-refractivity contribution is 5.96. The SMILES string of the molecule is COc1ccccc1-n1nc(C(=O)NC(CC(C)C)C(=O)O)c(O)cc1=O. The summed E-state index contributed by atoms with van der Waals surface area (Å²) in [4.78, 5) is 36.0. The van der Waals surface area contributed by atoms with Crippen LogP contribution in [0, 0.1) is 5.92 Å². The highest BCUT2D eigenvalue weighted by atomic mass is 16.5. The van der Waals surface area contributed by atoms with Crippen molar-refractivity contribution in [2.45, 2.75) is 26.3 Å². The van der Waals surface area contributed by atoms with Gasteiger partial charge in [0, 0.05) is 6.07 Å². The number of methoxy groups -OCH3 is 1. The molecule has 27 heavy (non-hydrogen) atoms. The van der Waals surface area contributed by atoms with E-state index in [0.717, 1.165) is 10.7 Å². The maximum atomic E-state index is 12.5. The van der Waals surface area contributed by atoms with E-state index in [0.29, 0.717) is 5.75 Å². The standard InChI is InChI=1S/C18H21N3O6/c1-10(2)8-11(18(25)26)19-17(24)16-13(22)9-15(23)21(20-16)12-6-4-5-7-14(12)27-3/h4-7,9-11,22H,8H2,1-3H3,(H,19,24)(H,25,26). The van der Waals surface area contributed by atoms with Gasteiger partial charge in [-0.15, -0.1) is 0 Å². The number of nitrogens with one attached hydrogen (secondary N) is 1. The maximum Gasteiger partial charge on any atom is 0.326 e. The minimum absolute atomic E-state index is 0.0236. The van der Waals surface area contributed by atoms with Crippen molar-refractivity contribution in [3.63, 3.8) is 0 Å². The predicted octanol–water partition coefficient (Wildman–Crippen LogP) is 1.18. The van der Waals surface area contributed by atoms with Gasteiger partial charge in [0.05, 0.1) is 7.11 Å². The monoisotopic (exact) mass is 375 g/mol. The normalized spacial score (nSPS) is 11.9. The molecule has 0 fully saturated rings. The molecule has 0 bridgehead atoms. The number of carboxylic acid groups (broad SMARTS) is 1. The van der Waals surface area contributed by atoms with Crippen molar-refractivity contribution >= 4 is 11.9 Å². The van der Waals surface area contributed by atoms with Crippen molar-refractivity contribution in [2.75, 3.05) is 7.11 Å². The first-order valence-corrected chi connectivity index (χ1v) is 8.25. The Morgan fingerprint density at radius 1 is 1.30 bits per heavy atom. The van der Waals surface area contributed by atoms with Gasteiger partial charge in [-0.05, 0) is 24.5 Å². The number of aromatic hydroxyl groups is 1. The van der Waals surface area contributed by atoms with Crippen LogP contribution in [0.3, 0.4) is 0 Å². The van der Waals surface area contributed by atoms with Crippen molar-refractivity contribution < 1.29 is 24.5 Å². The van der Waals surface area contributed by atoms with Crippen LogP contribution in [0.15, 0.2) is 35.1 Å². The number of hydrogen-bond donors (Lipinski definition) is 3. The zero-order chi connectivity index (χ0) is 20.1. The second-order valence-corrected chi connectivity index (χ2v) is 6.29. The Morgan fingerprint density at radius 2 is 1.96 bits per heavy atom. The van der Waals surface area contributed by atoms with Crippen molar-refractivity contribution in [1.82, 2.24) is 15.1 Å². The van der Waals surface area contributed by atoms with E-state index in [1.165, 1.54) is 7.11 Å². The molecule has 2 rings (SSSR count). The zero-order valence-electron chi connectivity index (χ0n) is 15.2. The van der Waals surface area contributed by atoms with Gasteiger partial charge in [-0.2, -0.15) is 9.78 Å². The van der Waals surface area contributed by atoms with Gasteiger partial charge in [-0.3, -0.25) is 9.59 Å². The molecule has 1 amide bonds. The first-order valence-electron chi connectivity index (χ1n) is 8.25. The Hall–Kier alpha value is -3.36. The number of carbonyl (C=O) groups excluding carboxylic acids is 1. The van der Waals surface area contributed by atoms with Crippen molar-refractivity contribution in [1.29, 1.82) is 0 Å². The molecule has 1 heterocycles. The molecule has 144 valence electrons. The number of carboxylic acids is 1. The Kier molecular flexibility index (Phi) is 6.17. The summed E-state index contributed by atoms with van der Waals surface area (Å²) in [7, 11) is 1.42. The second-order valence-electron chi connectivity index (χ2n) is 6.29. The highest BCUT2D eigenvalue weighted by Crippen LogP contribution is 2.21. The topological polar surface area (TPSA) is 131 Å². The molecule has 1 aromatic carbocycles. The molecule has 0 spiro atoms. The molecule has 9 nitrogen and oxygen atoms in total. The first kappa shape index (κ1) is 20.0. The number of nitrogens with zero attached hydrogens (tertiary/aromatic N) is 2. The Labute approximate surface area is 155 Å². The average Bonchev–Trinajstić information content (AvgIpc) is 2.60. The van der Waals surface area contributed by atoms with E-state index in [-0.39, 0.29) is 18.0 Å². The van der Waals surface area contributed by atoms with Crippen molar-refractivity contribution in [3.8, 4) is 17.2 Å². The molecule has 0 saturated carbocycles. The van der Waals surface area contributed by atoms with Crippen LogP contribution in [0.25, 0.3) is 5.69 Å². The molecule has 3 N–H and O–H groups in total. The smallest absolute Gasteiger partial charge is 0.326 e. The summed E-state index contributed by atoms with van der Waals surface area (Å²) in [6, 6.07) is 6.22. The number of aliphatic carboxylic acids is 1. The van der Waals surface area contributed by atoms with E-state index in [2.05, 4.69) is 10.4 Å². The summed E-state index contributed by atoms with van der Waals surface area (Å²) in [5.74, 6) is -2.38. The van der Waals surface area contributed by atoms with E-state index in [1.54, 1.807) is 24.3 Å². The van der Waals surface area contributed by atoms with Crippen molar-refractivity contribution in [2.24, 2.45) is 5.92 Å². The van der Waals surface area contributed by atoms with Gasteiger partial charge >= 0.3 is 5.97 Å². The van der Waals surface area contributed by atoms with Gasteiger partial charge < -0.3 is 20.3 Å². The number of carbonyl (C=O) groups is 2. The van der Waals surface area contributed by atoms with Crippen LogP contribution in [0.2, 0.25) is 0 Å². The molecule has 0 saturated heterocycles. The molecule has 1 aromatic heterocycles. The lowest BCUT2D eigenvalue weighted by atomic mass is 10.0. The Bertz CT molecular complexity index is 906. The molecule has 0 aliphatic heterocycles. The summed E-state index contributed by atoms with van der Waals surface area (Å²) < 4.78 is 6.09. The van der Waals surface area contributed by atoms with Crippen LogP contribution in [0.4, 0.5) is 0 Å². The third-order valence-electron chi connectivity index (χ3n) is 3.75. The zero-order valence-corrected chi connectivity index (χ0v) is 15.2. The molecule has 0 radical (unpaired) electrons. The third kappa shape index (κ3) is 4.63. The van der Waals surface area contributed by atoms with Crippen LogP contribution in [0.5, 0.6) is 11.5 Å². The van der Waals surface area contributed by atoms with Gasteiger partial charge in [0.1, 0.15) is 17.5 Å². The highest BCUT2D eigenvalue weighted by Gasteiger charge is 2.25. The summed E-state index contributed by atoms with van der Waals surface area (Å²) >= 11 is 0. The summed E-state index contributed by atoms with van der Waals surface area (Å²) in [5, 5.41) is 25.5. The Morgan fingerprint density at radius 3 is 2.56 bits per heavy atom. The summed E-state index contributed by atoms with van der Waals surface area (Å²) in [5.41, 5.74) is -0.864. The number of amides is 1. The van der Waals surface area contributed by atoms with Gasteiger partial charge in [0.25, 0.3) is 11.5 Å². The molecule has 2 aromatic rings. The van der Waals surface area contributed by atoms with Gasteiger partial charge in [-0.1, -0.05) is 26.0 Å². The van der Waals surface area contributed by atoms with Crippen LogP contribution in [0.1, 0.15) is 30.8 Å². The maximum absolute atomic E-state index is 12.5. The van der Waals surface area contributed by atoms with E-state index < -0.39 is 34.9 Å². The van der Waals surface area contributed by atoms with Crippen molar-refractivity contribution in [3.05, 3.63) is 46.4 Å². The fourth-order valence-electron chi connectivity index (χ4n) is 2.51. The van der Waals surface area contributed by atoms with Gasteiger partial charge in [0.15, 0.2) is 11.4 Å². The minimum atomic E-state index is -1.20. The number of benzene rings is 1. The predicted molar refractivity (Wildman–Crippen MR) is 96.4 cm³/mol. The quantitative estimate of drug-likeness (QED) is 0.662. The van der Waals surface area contributed by atoms with Crippen LogP contribution in [-0.4, -0.2) is 45.0 Å². The molecule has 1 atom stereocenters. The lowest BCUT2D eigenvalue weighted by Crippen LogP contribution is -2.42. The molecule has 0 aliphatic carbocycles. The van der Waals surface area contributed by atoms with Crippen LogP contribution < -0.4 is 15.6 Å². The average molecular weight is 375 g/mol. The molecular weight excluding hydrogens is 354 g/mol. The molecule has 9 heteroatoms. The number of hydrogen-bond acceptors (Lipinski definition) is 6. The lowest BCUT2D eigenvalue weighted by molar-refractivity contribution is -0.139. The van der Waals surface area contributed by atoms with E-state index in [9.17, 15) is 24.6 Å². The van der Waals surface area contributed by atoms with E-state index in [4.69, 9.17) is 4.74 Å². The minimum Gasteiger partial charge on any atom is -0.505 e. The third-order valence-corrected chi connectivity index (χ3v) is 3.75. The van der Waals surface area contributed by atoms with E-state index >= 15 is 0 Å². The number of rotatable bonds is 7. The summed E-state index contributed by atoms with van der Waals surface area (Å²) in [6.45, 7) is 3.64. The molecule has 1 unspecified atom stereocenters. The van der Waals surface area contributed by atoms with E-state index in [1.807, 2.05) is 13.8 Å². The molecular formula is C18H21N3O6. The Balaban J connectivity index is 2.44. The van der Waals surface area contributed by atoms with Crippen LogP contribution in [-0.2, 0) is 4.79 Å². The van der Waals surface area contributed by atoms with Gasteiger partial charge in [-0.25, -0.2) is 4.79 Å². The summed E-state index contributed by atoms with van der Waals surface area (Å²) in [6.07, 6.45) is 0.202. The largest absolute Gasteiger partial charge is 0.505 e.